The van der Waals surface area contributed by atoms with Crippen molar-refractivity contribution in [3.63, 3.8) is 0 Å². The zero-order valence-electron chi connectivity index (χ0n) is 16.5. The standard InChI is InChI=1S/C23H30N2O2/c1-16(25(2)23(26)21-9-6-7-19(21)15-24)17-11-13-18(14-12-17)20-8-4-5-10-22(20)27-3/h4-5,8,10-14,16,19,21H,6-7,9,15,24H2,1-3H3/t16?,19-,21-/m1/s1. The lowest BCUT2D eigenvalue weighted by atomic mass is 9.93. The van der Waals surface area contributed by atoms with Crippen LogP contribution in [0.2, 0.25) is 0 Å². The normalized spacial score (nSPS) is 20.3. The van der Waals surface area contributed by atoms with Gasteiger partial charge >= 0.3 is 0 Å². The third-order valence-electron chi connectivity index (χ3n) is 6.02. The SMILES string of the molecule is COc1ccccc1-c1ccc(C(C)N(C)C(=O)[C@@H]2CCC[C@@H]2CN)cc1. The topological polar surface area (TPSA) is 55.6 Å². The number of para-hydroxylation sites is 1. The van der Waals surface area contributed by atoms with Crippen LogP contribution in [0.4, 0.5) is 0 Å². The average molecular weight is 367 g/mol. The maximum Gasteiger partial charge on any atom is 0.226 e. The minimum atomic E-state index is 0.0308. The summed E-state index contributed by atoms with van der Waals surface area (Å²) in [7, 11) is 3.60. The van der Waals surface area contributed by atoms with E-state index >= 15 is 0 Å². The lowest BCUT2D eigenvalue weighted by molar-refractivity contribution is -0.137. The van der Waals surface area contributed by atoms with Crippen molar-refractivity contribution in [1.82, 2.24) is 4.90 Å². The quantitative estimate of drug-likeness (QED) is 0.831. The smallest absolute Gasteiger partial charge is 0.226 e. The molecule has 4 nitrogen and oxygen atoms in total. The van der Waals surface area contributed by atoms with E-state index in [4.69, 9.17) is 10.5 Å². The molecule has 1 unspecified atom stereocenters. The van der Waals surface area contributed by atoms with Crippen molar-refractivity contribution in [2.24, 2.45) is 17.6 Å². The van der Waals surface area contributed by atoms with Gasteiger partial charge in [-0.15, -0.1) is 0 Å². The Morgan fingerprint density at radius 1 is 1.19 bits per heavy atom. The van der Waals surface area contributed by atoms with Crippen LogP contribution in [0.15, 0.2) is 48.5 Å². The van der Waals surface area contributed by atoms with Crippen LogP contribution in [0.5, 0.6) is 5.75 Å². The van der Waals surface area contributed by atoms with Crippen molar-refractivity contribution in [2.75, 3.05) is 20.7 Å². The van der Waals surface area contributed by atoms with Crippen molar-refractivity contribution in [3.05, 3.63) is 54.1 Å². The zero-order chi connectivity index (χ0) is 19.4. The maximum atomic E-state index is 13.0. The number of hydrogen-bond acceptors (Lipinski definition) is 3. The molecule has 1 aliphatic rings. The predicted octanol–water partition coefficient (Wildman–Crippen LogP) is 4.26. The van der Waals surface area contributed by atoms with Gasteiger partial charge in [0.05, 0.1) is 13.2 Å². The summed E-state index contributed by atoms with van der Waals surface area (Å²) >= 11 is 0. The van der Waals surface area contributed by atoms with E-state index in [1.54, 1.807) is 7.11 Å². The number of nitrogens with zero attached hydrogens (tertiary/aromatic N) is 1. The van der Waals surface area contributed by atoms with Crippen LogP contribution in [-0.4, -0.2) is 31.5 Å². The summed E-state index contributed by atoms with van der Waals surface area (Å²) in [4.78, 5) is 14.8. The van der Waals surface area contributed by atoms with Crippen LogP contribution >= 0.6 is 0 Å². The first-order valence-electron chi connectivity index (χ1n) is 9.77. The largest absolute Gasteiger partial charge is 0.496 e. The Kier molecular flexibility index (Phi) is 6.17. The molecule has 3 atom stereocenters. The highest BCUT2D eigenvalue weighted by Crippen LogP contribution is 2.35. The minimum Gasteiger partial charge on any atom is -0.496 e. The highest BCUT2D eigenvalue weighted by atomic mass is 16.5. The van der Waals surface area contributed by atoms with E-state index in [9.17, 15) is 4.79 Å². The molecule has 1 saturated carbocycles. The molecule has 0 aliphatic heterocycles. The Labute approximate surface area is 162 Å². The first-order chi connectivity index (χ1) is 13.1. The fraction of sp³-hybridized carbons (Fsp3) is 0.435. The summed E-state index contributed by atoms with van der Waals surface area (Å²) < 4.78 is 5.46. The molecule has 2 aromatic rings. The van der Waals surface area contributed by atoms with Crippen molar-refractivity contribution in [2.45, 2.75) is 32.2 Å². The fourth-order valence-electron chi connectivity index (χ4n) is 4.14. The van der Waals surface area contributed by atoms with Crippen LogP contribution < -0.4 is 10.5 Å². The molecule has 1 aliphatic carbocycles. The minimum absolute atomic E-state index is 0.0308. The van der Waals surface area contributed by atoms with E-state index < -0.39 is 0 Å². The molecule has 0 saturated heterocycles. The molecule has 144 valence electrons. The molecule has 2 aromatic carbocycles. The number of carbonyl (C=O) groups excluding carboxylic acids is 1. The van der Waals surface area contributed by atoms with Gasteiger partial charge in [0.25, 0.3) is 0 Å². The number of hydrogen-bond donors (Lipinski definition) is 1. The summed E-state index contributed by atoms with van der Waals surface area (Å²) in [5.41, 5.74) is 9.17. The van der Waals surface area contributed by atoms with Gasteiger partial charge in [0.15, 0.2) is 0 Å². The van der Waals surface area contributed by atoms with E-state index in [2.05, 4.69) is 37.3 Å². The summed E-state index contributed by atoms with van der Waals surface area (Å²) in [6.07, 6.45) is 3.14. The van der Waals surface area contributed by atoms with Crippen LogP contribution in [0.25, 0.3) is 11.1 Å². The molecule has 0 radical (unpaired) electrons. The highest BCUT2D eigenvalue weighted by Gasteiger charge is 2.35. The Morgan fingerprint density at radius 3 is 2.56 bits per heavy atom. The second-order valence-corrected chi connectivity index (χ2v) is 7.48. The van der Waals surface area contributed by atoms with E-state index in [1.165, 1.54) is 0 Å². The molecule has 0 heterocycles. The van der Waals surface area contributed by atoms with Gasteiger partial charge in [-0.25, -0.2) is 0 Å². The Bertz CT molecular complexity index is 772. The number of ether oxygens (including phenoxy) is 1. The zero-order valence-corrected chi connectivity index (χ0v) is 16.5. The number of nitrogens with two attached hydrogens (primary N) is 1. The Balaban J connectivity index is 1.75. The first-order valence-corrected chi connectivity index (χ1v) is 9.77. The molecule has 2 N–H and O–H groups in total. The van der Waals surface area contributed by atoms with Gasteiger partial charge in [0.1, 0.15) is 5.75 Å². The van der Waals surface area contributed by atoms with Gasteiger partial charge in [-0.3, -0.25) is 4.79 Å². The van der Waals surface area contributed by atoms with Gasteiger partial charge < -0.3 is 15.4 Å². The van der Waals surface area contributed by atoms with Crippen LogP contribution in [0, 0.1) is 11.8 Å². The summed E-state index contributed by atoms with van der Waals surface area (Å²) in [6.45, 7) is 2.69. The molecule has 4 heteroatoms. The monoisotopic (exact) mass is 366 g/mol. The molecule has 27 heavy (non-hydrogen) atoms. The van der Waals surface area contributed by atoms with Crippen molar-refractivity contribution in [3.8, 4) is 16.9 Å². The van der Waals surface area contributed by atoms with Gasteiger partial charge in [0.2, 0.25) is 5.91 Å². The molecule has 3 rings (SSSR count). The van der Waals surface area contributed by atoms with E-state index in [1.807, 2.05) is 30.1 Å². The number of amides is 1. The molecule has 0 spiro atoms. The van der Waals surface area contributed by atoms with E-state index in [0.717, 1.165) is 41.7 Å². The van der Waals surface area contributed by atoms with Gasteiger partial charge in [0, 0.05) is 18.5 Å². The van der Waals surface area contributed by atoms with Gasteiger partial charge in [-0.2, -0.15) is 0 Å². The molecule has 1 amide bonds. The van der Waals surface area contributed by atoms with Crippen molar-refractivity contribution >= 4 is 5.91 Å². The third-order valence-corrected chi connectivity index (χ3v) is 6.02. The van der Waals surface area contributed by atoms with Gasteiger partial charge in [-0.05, 0) is 49.4 Å². The average Bonchev–Trinajstić information content (AvgIpc) is 3.21. The van der Waals surface area contributed by atoms with Crippen LogP contribution in [-0.2, 0) is 4.79 Å². The van der Waals surface area contributed by atoms with Gasteiger partial charge in [-0.1, -0.05) is 48.9 Å². The lowest BCUT2D eigenvalue weighted by Gasteiger charge is -2.30. The lowest BCUT2D eigenvalue weighted by Crippen LogP contribution is -2.38. The third kappa shape index (κ3) is 4.01. The number of benzene rings is 2. The maximum absolute atomic E-state index is 13.0. The number of carbonyl (C=O) groups is 1. The predicted molar refractivity (Wildman–Crippen MR) is 110 cm³/mol. The molecule has 0 bridgehead atoms. The van der Waals surface area contributed by atoms with Crippen LogP contribution in [0.1, 0.15) is 37.8 Å². The molecular formula is C23H30N2O2. The van der Waals surface area contributed by atoms with E-state index in [0.29, 0.717) is 12.5 Å². The number of methoxy groups -OCH3 is 1. The summed E-state index contributed by atoms with van der Waals surface area (Å²) in [6, 6.07) is 16.4. The highest BCUT2D eigenvalue weighted by molar-refractivity contribution is 5.79. The van der Waals surface area contributed by atoms with Crippen molar-refractivity contribution < 1.29 is 9.53 Å². The second kappa shape index (κ2) is 8.57. The molecule has 1 fully saturated rings. The first kappa shape index (κ1) is 19.4. The van der Waals surface area contributed by atoms with Crippen molar-refractivity contribution in [1.29, 1.82) is 0 Å². The Hall–Kier alpha value is -2.33. The Morgan fingerprint density at radius 2 is 1.89 bits per heavy atom. The summed E-state index contributed by atoms with van der Waals surface area (Å²) in [5, 5.41) is 0. The van der Waals surface area contributed by atoms with Crippen LogP contribution in [0.3, 0.4) is 0 Å². The second-order valence-electron chi connectivity index (χ2n) is 7.48. The van der Waals surface area contributed by atoms with E-state index in [-0.39, 0.29) is 17.9 Å². The molecule has 0 aromatic heterocycles. The number of rotatable bonds is 6. The molecular weight excluding hydrogens is 336 g/mol. The summed E-state index contributed by atoms with van der Waals surface area (Å²) in [5.74, 6) is 1.50. The fourth-order valence-corrected chi connectivity index (χ4v) is 4.14.